The number of piperidine rings is 1. The van der Waals surface area contributed by atoms with Crippen LogP contribution in [0.1, 0.15) is 38.6 Å². The molecule has 1 fully saturated rings. The molecule has 3 rings (SSSR count). The van der Waals surface area contributed by atoms with E-state index in [-0.39, 0.29) is 12.1 Å². The van der Waals surface area contributed by atoms with Crippen LogP contribution in [0.3, 0.4) is 0 Å². The van der Waals surface area contributed by atoms with Crippen LogP contribution in [0.5, 0.6) is 0 Å². The number of thiazole rings is 1. The Morgan fingerprint density at radius 1 is 1.29 bits per heavy atom. The van der Waals surface area contributed by atoms with E-state index in [4.69, 9.17) is 9.72 Å². The summed E-state index contributed by atoms with van der Waals surface area (Å²) in [6, 6.07) is 8.74. The number of aromatic nitrogens is 1. The second-order valence-corrected chi connectivity index (χ2v) is 9.87. The van der Waals surface area contributed by atoms with Gasteiger partial charge in [0.25, 0.3) is 0 Å². The van der Waals surface area contributed by atoms with E-state index in [1.165, 1.54) is 10.5 Å². The maximum Gasteiger partial charge on any atom is 0.407 e. The first-order chi connectivity index (χ1) is 13.3. The maximum atomic E-state index is 11.9. The Hall–Kier alpha value is -1.57. The number of alkyl carbamates (subject to hydrolysis) is 1. The minimum Gasteiger partial charge on any atom is -0.444 e. The van der Waals surface area contributed by atoms with Gasteiger partial charge in [-0.3, -0.25) is 4.90 Å². The molecule has 1 N–H and O–H groups in total. The maximum absolute atomic E-state index is 11.9. The van der Waals surface area contributed by atoms with E-state index < -0.39 is 5.60 Å². The van der Waals surface area contributed by atoms with Gasteiger partial charge in [0, 0.05) is 35.0 Å². The van der Waals surface area contributed by atoms with Gasteiger partial charge in [0.1, 0.15) is 10.6 Å². The molecular formula is C21H29N3O2S2. The Bertz CT molecular complexity index is 776. The fourth-order valence-corrected chi connectivity index (χ4v) is 4.43. The van der Waals surface area contributed by atoms with E-state index in [9.17, 15) is 4.79 Å². The molecule has 152 valence electrons. The Labute approximate surface area is 175 Å². The lowest BCUT2D eigenvalue weighted by atomic mass is 10.1. The summed E-state index contributed by atoms with van der Waals surface area (Å²) in [4.78, 5) is 20.4. The third kappa shape index (κ3) is 6.22. The van der Waals surface area contributed by atoms with Crippen LogP contribution in [0, 0.1) is 0 Å². The first-order valence-electron chi connectivity index (χ1n) is 9.63. The number of nitrogens with zero attached hydrogens (tertiary/aromatic N) is 2. The van der Waals surface area contributed by atoms with Crippen molar-refractivity contribution in [2.45, 2.75) is 56.7 Å². The molecule has 1 aromatic heterocycles. The zero-order valence-corrected chi connectivity index (χ0v) is 18.7. The Balaban J connectivity index is 1.47. The number of ether oxygens (including phenoxy) is 1. The Morgan fingerprint density at radius 2 is 1.96 bits per heavy atom. The average Bonchev–Trinajstić information content (AvgIpc) is 3.10. The molecule has 1 aromatic carbocycles. The van der Waals surface area contributed by atoms with Crippen LogP contribution in [0.15, 0.2) is 34.5 Å². The van der Waals surface area contributed by atoms with Gasteiger partial charge < -0.3 is 10.1 Å². The quantitative estimate of drug-likeness (QED) is 0.690. The highest BCUT2D eigenvalue weighted by molar-refractivity contribution is 7.98. The van der Waals surface area contributed by atoms with Crippen molar-refractivity contribution in [1.82, 2.24) is 15.2 Å². The number of amides is 1. The zero-order chi connectivity index (χ0) is 20.1. The summed E-state index contributed by atoms with van der Waals surface area (Å²) in [5.74, 6) is 0. The van der Waals surface area contributed by atoms with E-state index >= 15 is 0 Å². The van der Waals surface area contributed by atoms with Crippen molar-refractivity contribution in [3.05, 3.63) is 34.7 Å². The number of likely N-dealkylation sites (tertiary alicyclic amines) is 1. The molecule has 1 saturated heterocycles. The second kappa shape index (κ2) is 9.29. The average molecular weight is 420 g/mol. The fourth-order valence-electron chi connectivity index (χ4n) is 3.18. The van der Waals surface area contributed by atoms with Crippen molar-refractivity contribution in [3.63, 3.8) is 0 Å². The first-order valence-corrected chi connectivity index (χ1v) is 11.7. The summed E-state index contributed by atoms with van der Waals surface area (Å²) in [5, 5.41) is 6.27. The van der Waals surface area contributed by atoms with Gasteiger partial charge in [-0.05, 0) is 52.0 Å². The van der Waals surface area contributed by atoms with Crippen LogP contribution in [0.25, 0.3) is 11.3 Å². The predicted octanol–water partition coefficient (Wildman–Crippen LogP) is 5.02. The number of carbonyl (C=O) groups excluding carboxylic acids is 1. The molecule has 0 radical (unpaired) electrons. The highest BCUT2D eigenvalue weighted by Crippen LogP contribution is 2.26. The van der Waals surface area contributed by atoms with Gasteiger partial charge in [0.15, 0.2) is 0 Å². The highest BCUT2D eigenvalue weighted by Gasteiger charge is 2.24. The number of hydrogen-bond donors (Lipinski definition) is 1. The summed E-state index contributed by atoms with van der Waals surface area (Å²) < 4.78 is 5.35. The topological polar surface area (TPSA) is 54.5 Å². The summed E-state index contributed by atoms with van der Waals surface area (Å²) in [5.41, 5.74) is 1.76. The summed E-state index contributed by atoms with van der Waals surface area (Å²) in [6.45, 7) is 8.43. The van der Waals surface area contributed by atoms with Crippen LogP contribution in [-0.2, 0) is 11.3 Å². The molecule has 28 heavy (non-hydrogen) atoms. The number of carbonyl (C=O) groups is 1. The van der Waals surface area contributed by atoms with Gasteiger partial charge in [-0.15, -0.1) is 23.1 Å². The molecule has 2 aromatic rings. The molecule has 0 spiro atoms. The Morgan fingerprint density at radius 3 is 2.57 bits per heavy atom. The SMILES string of the molecule is CSc1ccc(-c2csc(CN3CCC(NC(=O)OC(C)(C)C)CC3)n2)cc1. The monoisotopic (exact) mass is 419 g/mol. The smallest absolute Gasteiger partial charge is 0.407 e. The minimum atomic E-state index is -0.455. The third-order valence-corrected chi connectivity index (χ3v) is 6.18. The van der Waals surface area contributed by atoms with Crippen molar-refractivity contribution in [3.8, 4) is 11.3 Å². The van der Waals surface area contributed by atoms with Gasteiger partial charge in [-0.1, -0.05) is 12.1 Å². The van der Waals surface area contributed by atoms with E-state index in [0.29, 0.717) is 0 Å². The van der Waals surface area contributed by atoms with E-state index in [0.717, 1.165) is 43.2 Å². The molecule has 0 aliphatic carbocycles. The molecule has 0 saturated carbocycles. The molecule has 1 aliphatic heterocycles. The van der Waals surface area contributed by atoms with Crippen molar-refractivity contribution < 1.29 is 9.53 Å². The van der Waals surface area contributed by atoms with Gasteiger partial charge in [-0.25, -0.2) is 9.78 Å². The summed E-state index contributed by atoms with van der Waals surface area (Å²) in [7, 11) is 0. The van der Waals surface area contributed by atoms with Crippen LogP contribution < -0.4 is 5.32 Å². The standard InChI is InChI=1S/C21H29N3O2S2/c1-21(2,3)26-20(25)22-16-9-11-24(12-10-16)13-19-23-18(14-28-19)15-5-7-17(27-4)8-6-15/h5-8,14,16H,9-13H2,1-4H3,(H,22,25). The molecule has 0 unspecified atom stereocenters. The lowest BCUT2D eigenvalue weighted by Crippen LogP contribution is -2.45. The molecule has 0 atom stereocenters. The third-order valence-electron chi connectivity index (χ3n) is 4.60. The van der Waals surface area contributed by atoms with Crippen LogP contribution in [0.2, 0.25) is 0 Å². The van der Waals surface area contributed by atoms with Gasteiger partial charge in [-0.2, -0.15) is 0 Å². The molecule has 1 aliphatic rings. The summed E-state index contributed by atoms with van der Waals surface area (Å²) in [6.07, 6.45) is 3.65. The Kier molecular flexibility index (Phi) is 7.01. The molecule has 1 amide bonds. The lowest BCUT2D eigenvalue weighted by molar-refractivity contribution is 0.0477. The zero-order valence-electron chi connectivity index (χ0n) is 17.0. The van der Waals surface area contributed by atoms with Gasteiger partial charge in [0.2, 0.25) is 0 Å². The van der Waals surface area contributed by atoms with Crippen LogP contribution >= 0.6 is 23.1 Å². The van der Waals surface area contributed by atoms with Gasteiger partial charge >= 0.3 is 6.09 Å². The molecule has 5 nitrogen and oxygen atoms in total. The molecule has 0 bridgehead atoms. The van der Waals surface area contributed by atoms with E-state index in [1.54, 1.807) is 23.1 Å². The van der Waals surface area contributed by atoms with Crippen molar-refractivity contribution in [1.29, 1.82) is 0 Å². The van der Waals surface area contributed by atoms with Crippen LogP contribution in [0.4, 0.5) is 4.79 Å². The van der Waals surface area contributed by atoms with E-state index in [1.807, 2.05) is 20.8 Å². The second-order valence-electron chi connectivity index (χ2n) is 8.05. The summed E-state index contributed by atoms with van der Waals surface area (Å²) >= 11 is 3.47. The number of rotatable bonds is 5. The number of thioether (sulfide) groups is 1. The molecule has 2 heterocycles. The van der Waals surface area contributed by atoms with Crippen molar-refractivity contribution in [2.24, 2.45) is 0 Å². The normalized spacial score (nSPS) is 16.1. The van der Waals surface area contributed by atoms with E-state index in [2.05, 4.69) is 46.1 Å². The number of nitrogens with one attached hydrogen (secondary N) is 1. The molecular weight excluding hydrogens is 390 g/mol. The van der Waals surface area contributed by atoms with Gasteiger partial charge in [0.05, 0.1) is 12.2 Å². The number of benzene rings is 1. The number of hydrogen-bond acceptors (Lipinski definition) is 6. The predicted molar refractivity (Wildman–Crippen MR) is 117 cm³/mol. The van der Waals surface area contributed by atoms with Crippen molar-refractivity contribution >= 4 is 29.2 Å². The highest BCUT2D eigenvalue weighted by atomic mass is 32.2. The van der Waals surface area contributed by atoms with Crippen LogP contribution in [-0.4, -0.2) is 47.0 Å². The minimum absolute atomic E-state index is 0.188. The first kappa shape index (κ1) is 21.1. The molecule has 7 heteroatoms. The lowest BCUT2D eigenvalue weighted by Gasteiger charge is -2.32. The fraction of sp³-hybridized carbons (Fsp3) is 0.524. The largest absolute Gasteiger partial charge is 0.444 e. The van der Waals surface area contributed by atoms with Crippen molar-refractivity contribution in [2.75, 3.05) is 19.3 Å².